The van der Waals surface area contributed by atoms with Crippen molar-refractivity contribution >= 4 is 43.5 Å². The highest BCUT2D eigenvalue weighted by Crippen LogP contribution is 2.25. The van der Waals surface area contributed by atoms with Gasteiger partial charge in [0.05, 0.1) is 16.8 Å². The lowest BCUT2D eigenvalue weighted by Crippen LogP contribution is -2.08. The SMILES string of the molecule is CCOOC(=O)Cc1nc2ccc(Br)cc2s1. The van der Waals surface area contributed by atoms with Gasteiger partial charge in [-0.15, -0.1) is 11.3 Å². The fourth-order valence-corrected chi connectivity index (χ4v) is 2.80. The summed E-state index contributed by atoms with van der Waals surface area (Å²) < 4.78 is 2.04. The quantitative estimate of drug-likeness (QED) is 0.642. The molecule has 0 atom stereocenters. The normalized spacial score (nSPS) is 10.7. The highest BCUT2D eigenvalue weighted by molar-refractivity contribution is 9.10. The Balaban J connectivity index is 2.11. The predicted molar refractivity (Wildman–Crippen MR) is 68.7 cm³/mol. The number of aromatic nitrogens is 1. The van der Waals surface area contributed by atoms with Crippen molar-refractivity contribution in [3.63, 3.8) is 0 Å². The second kappa shape index (κ2) is 5.57. The fraction of sp³-hybridized carbons (Fsp3) is 0.273. The minimum absolute atomic E-state index is 0.136. The van der Waals surface area contributed by atoms with Crippen LogP contribution in [-0.2, 0) is 21.0 Å². The Kier molecular flexibility index (Phi) is 4.09. The number of hydrogen-bond donors (Lipinski definition) is 0. The maximum atomic E-state index is 11.3. The molecule has 2 aromatic rings. The molecule has 1 aromatic carbocycles. The van der Waals surface area contributed by atoms with E-state index in [9.17, 15) is 4.79 Å². The van der Waals surface area contributed by atoms with Gasteiger partial charge in [-0.1, -0.05) is 15.9 Å². The van der Waals surface area contributed by atoms with E-state index in [4.69, 9.17) is 0 Å². The lowest BCUT2D eigenvalue weighted by molar-refractivity contribution is -0.268. The van der Waals surface area contributed by atoms with Crippen molar-refractivity contribution in [2.45, 2.75) is 13.3 Å². The van der Waals surface area contributed by atoms with Gasteiger partial charge in [0.1, 0.15) is 11.4 Å². The zero-order valence-corrected chi connectivity index (χ0v) is 11.5. The van der Waals surface area contributed by atoms with E-state index in [0.717, 1.165) is 19.7 Å². The molecular formula is C11H10BrNO3S. The van der Waals surface area contributed by atoms with Crippen LogP contribution in [0.4, 0.5) is 0 Å². The van der Waals surface area contributed by atoms with Crippen molar-refractivity contribution < 1.29 is 14.6 Å². The van der Waals surface area contributed by atoms with Crippen molar-refractivity contribution in [2.75, 3.05) is 6.61 Å². The van der Waals surface area contributed by atoms with E-state index in [0.29, 0.717) is 6.61 Å². The number of hydrogen-bond acceptors (Lipinski definition) is 5. The first-order valence-electron chi connectivity index (χ1n) is 5.06. The first kappa shape index (κ1) is 12.5. The van der Waals surface area contributed by atoms with E-state index < -0.39 is 5.97 Å². The molecule has 0 aliphatic rings. The van der Waals surface area contributed by atoms with Crippen LogP contribution in [0.25, 0.3) is 10.2 Å². The molecule has 0 aliphatic carbocycles. The van der Waals surface area contributed by atoms with E-state index in [-0.39, 0.29) is 6.42 Å². The van der Waals surface area contributed by atoms with Gasteiger partial charge in [-0.25, -0.2) is 9.78 Å². The Morgan fingerprint density at radius 3 is 3.12 bits per heavy atom. The molecule has 0 bridgehead atoms. The van der Waals surface area contributed by atoms with Crippen molar-refractivity contribution in [1.29, 1.82) is 0 Å². The smallest absolute Gasteiger partial charge is 0.298 e. The van der Waals surface area contributed by atoms with E-state index in [1.807, 2.05) is 18.2 Å². The van der Waals surface area contributed by atoms with Crippen molar-refractivity contribution in [3.05, 3.63) is 27.7 Å². The van der Waals surface area contributed by atoms with E-state index in [1.54, 1.807) is 6.92 Å². The molecule has 0 N–H and O–H groups in total. The van der Waals surface area contributed by atoms with Crippen LogP contribution in [0.15, 0.2) is 22.7 Å². The minimum atomic E-state index is -0.426. The Morgan fingerprint density at radius 2 is 2.35 bits per heavy atom. The Hall–Kier alpha value is -0.980. The Morgan fingerprint density at radius 1 is 1.53 bits per heavy atom. The highest BCUT2D eigenvalue weighted by atomic mass is 79.9. The summed E-state index contributed by atoms with van der Waals surface area (Å²) in [6.07, 6.45) is 0.136. The zero-order chi connectivity index (χ0) is 12.3. The zero-order valence-electron chi connectivity index (χ0n) is 9.10. The van der Waals surface area contributed by atoms with E-state index in [2.05, 4.69) is 30.7 Å². The average molecular weight is 316 g/mol. The molecule has 0 unspecified atom stereocenters. The van der Waals surface area contributed by atoms with Crippen LogP contribution < -0.4 is 0 Å². The number of fused-ring (bicyclic) bond motifs is 1. The molecule has 1 heterocycles. The molecule has 0 saturated heterocycles. The number of rotatable bonds is 4. The van der Waals surface area contributed by atoms with Gasteiger partial charge in [0.25, 0.3) is 0 Å². The largest absolute Gasteiger partial charge is 0.349 e. The molecule has 4 nitrogen and oxygen atoms in total. The predicted octanol–water partition coefficient (Wildman–Crippen LogP) is 3.10. The number of nitrogens with zero attached hydrogens (tertiary/aromatic N) is 1. The van der Waals surface area contributed by atoms with Crippen molar-refractivity contribution in [3.8, 4) is 0 Å². The molecule has 90 valence electrons. The number of thiazole rings is 1. The summed E-state index contributed by atoms with van der Waals surface area (Å²) in [4.78, 5) is 24.8. The molecule has 0 spiro atoms. The van der Waals surface area contributed by atoms with Gasteiger partial charge in [0, 0.05) is 4.47 Å². The summed E-state index contributed by atoms with van der Waals surface area (Å²) in [6, 6.07) is 5.81. The van der Waals surface area contributed by atoms with Crippen LogP contribution >= 0.6 is 27.3 Å². The Bertz CT molecular complexity index is 540. The van der Waals surface area contributed by atoms with Crippen molar-refractivity contribution in [2.24, 2.45) is 0 Å². The summed E-state index contributed by atoms with van der Waals surface area (Å²) in [5.41, 5.74) is 0.886. The van der Waals surface area contributed by atoms with E-state index in [1.165, 1.54) is 11.3 Å². The monoisotopic (exact) mass is 315 g/mol. The average Bonchev–Trinajstić information content (AvgIpc) is 2.67. The lowest BCUT2D eigenvalue weighted by Gasteiger charge is -1.98. The van der Waals surface area contributed by atoms with Gasteiger partial charge in [-0.2, -0.15) is 4.89 Å². The topological polar surface area (TPSA) is 48.4 Å². The number of carbonyl (C=O) groups is 1. The maximum Gasteiger partial charge on any atom is 0.349 e. The summed E-state index contributed by atoms with van der Waals surface area (Å²) in [7, 11) is 0. The molecule has 0 amide bonds. The molecule has 0 saturated carbocycles. The first-order chi connectivity index (χ1) is 8.19. The third-order valence-corrected chi connectivity index (χ3v) is 3.47. The summed E-state index contributed by atoms with van der Waals surface area (Å²) in [6.45, 7) is 2.10. The highest BCUT2D eigenvalue weighted by Gasteiger charge is 2.11. The van der Waals surface area contributed by atoms with Gasteiger partial charge in [-0.3, -0.25) is 4.89 Å². The van der Waals surface area contributed by atoms with Gasteiger partial charge >= 0.3 is 5.97 Å². The van der Waals surface area contributed by atoms with Crippen LogP contribution in [0.1, 0.15) is 11.9 Å². The van der Waals surface area contributed by atoms with Gasteiger partial charge < -0.3 is 0 Å². The summed E-state index contributed by atoms with van der Waals surface area (Å²) in [5, 5.41) is 0.725. The van der Waals surface area contributed by atoms with Gasteiger partial charge in [0.15, 0.2) is 0 Å². The standard InChI is InChI=1S/C11H10BrNO3S/c1-2-15-16-11(14)6-10-13-8-4-3-7(12)5-9(8)17-10/h3-5H,2,6H2,1H3. The summed E-state index contributed by atoms with van der Waals surface area (Å²) in [5.74, 6) is -0.426. The molecule has 0 fully saturated rings. The number of halogens is 1. The molecule has 1 aromatic heterocycles. The third-order valence-electron chi connectivity index (χ3n) is 1.96. The van der Waals surface area contributed by atoms with Gasteiger partial charge in [0.2, 0.25) is 0 Å². The summed E-state index contributed by atoms with van der Waals surface area (Å²) >= 11 is 4.87. The van der Waals surface area contributed by atoms with Crippen LogP contribution in [0.3, 0.4) is 0 Å². The maximum absolute atomic E-state index is 11.3. The fourth-order valence-electron chi connectivity index (χ4n) is 1.30. The molecule has 2 rings (SSSR count). The molecule has 17 heavy (non-hydrogen) atoms. The Labute approximate surface area is 111 Å². The van der Waals surface area contributed by atoms with E-state index >= 15 is 0 Å². The molecule has 0 aliphatic heterocycles. The van der Waals surface area contributed by atoms with Crippen LogP contribution in [0.2, 0.25) is 0 Å². The first-order valence-corrected chi connectivity index (χ1v) is 6.67. The number of carbonyl (C=O) groups excluding carboxylic acids is 1. The molecular weight excluding hydrogens is 306 g/mol. The van der Waals surface area contributed by atoms with Gasteiger partial charge in [-0.05, 0) is 25.1 Å². The minimum Gasteiger partial charge on any atom is -0.298 e. The van der Waals surface area contributed by atoms with Crippen molar-refractivity contribution in [1.82, 2.24) is 4.98 Å². The lowest BCUT2D eigenvalue weighted by atomic mass is 10.3. The van der Waals surface area contributed by atoms with Crippen LogP contribution in [0.5, 0.6) is 0 Å². The second-order valence-corrected chi connectivity index (χ2v) is 5.29. The number of benzene rings is 1. The second-order valence-electron chi connectivity index (χ2n) is 3.26. The van der Waals surface area contributed by atoms with Crippen LogP contribution in [-0.4, -0.2) is 17.6 Å². The molecule has 0 radical (unpaired) electrons. The third kappa shape index (κ3) is 3.24. The molecule has 6 heteroatoms. The van der Waals surface area contributed by atoms with Crippen LogP contribution in [0, 0.1) is 0 Å².